The molecule has 0 aliphatic rings. The molecular formula is C20H23ClN2O4. The van der Waals surface area contributed by atoms with Crippen LogP contribution in [0.25, 0.3) is 0 Å². The van der Waals surface area contributed by atoms with E-state index >= 15 is 0 Å². The minimum atomic E-state index is -0.215. The van der Waals surface area contributed by atoms with Gasteiger partial charge in [0.05, 0.1) is 14.2 Å². The van der Waals surface area contributed by atoms with Crippen molar-refractivity contribution < 1.29 is 19.1 Å². The molecule has 0 radical (unpaired) electrons. The zero-order valence-corrected chi connectivity index (χ0v) is 16.6. The van der Waals surface area contributed by atoms with Crippen LogP contribution in [0.5, 0.6) is 11.5 Å². The van der Waals surface area contributed by atoms with Gasteiger partial charge in [-0.1, -0.05) is 17.7 Å². The van der Waals surface area contributed by atoms with Gasteiger partial charge in [0.15, 0.2) is 11.5 Å². The summed E-state index contributed by atoms with van der Waals surface area (Å²) in [5.74, 6) is 0.734. The van der Waals surface area contributed by atoms with Crippen LogP contribution in [-0.4, -0.2) is 32.6 Å². The average molecular weight is 391 g/mol. The van der Waals surface area contributed by atoms with Crippen molar-refractivity contribution in [3.05, 3.63) is 47.0 Å². The molecule has 7 heteroatoms. The van der Waals surface area contributed by atoms with Crippen molar-refractivity contribution in [2.75, 3.05) is 31.0 Å². The standard InChI is InChI=1S/C20H23ClN2O4/c1-13-16(21)6-5-7-17(13)23(14(2)24)11-10-20(25)22-15-8-9-18(26-3)19(12-15)27-4/h5-9,12H,10-11H2,1-4H3,(H,22,25). The zero-order chi connectivity index (χ0) is 20.0. The number of hydrogen-bond acceptors (Lipinski definition) is 4. The van der Waals surface area contributed by atoms with Crippen LogP contribution in [0, 0.1) is 6.92 Å². The van der Waals surface area contributed by atoms with Crippen molar-refractivity contribution in [1.29, 1.82) is 0 Å². The van der Waals surface area contributed by atoms with Crippen LogP contribution in [0.15, 0.2) is 36.4 Å². The Morgan fingerprint density at radius 3 is 2.44 bits per heavy atom. The molecule has 0 unspecified atom stereocenters. The number of carbonyl (C=O) groups is 2. The molecule has 2 aromatic rings. The second-order valence-electron chi connectivity index (χ2n) is 5.92. The molecule has 6 nitrogen and oxygen atoms in total. The molecule has 0 aliphatic carbocycles. The van der Waals surface area contributed by atoms with E-state index < -0.39 is 0 Å². The maximum absolute atomic E-state index is 12.3. The van der Waals surface area contributed by atoms with Gasteiger partial charge in [-0.25, -0.2) is 0 Å². The number of methoxy groups -OCH3 is 2. The van der Waals surface area contributed by atoms with Gasteiger partial charge >= 0.3 is 0 Å². The smallest absolute Gasteiger partial charge is 0.226 e. The number of halogens is 1. The normalized spacial score (nSPS) is 10.3. The van der Waals surface area contributed by atoms with Crippen molar-refractivity contribution in [2.24, 2.45) is 0 Å². The lowest BCUT2D eigenvalue weighted by molar-refractivity contribution is -0.117. The summed E-state index contributed by atoms with van der Waals surface area (Å²) in [7, 11) is 3.08. The predicted molar refractivity (Wildman–Crippen MR) is 107 cm³/mol. The Morgan fingerprint density at radius 1 is 1.11 bits per heavy atom. The van der Waals surface area contributed by atoms with Gasteiger partial charge < -0.3 is 19.7 Å². The quantitative estimate of drug-likeness (QED) is 0.774. The van der Waals surface area contributed by atoms with Crippen LogP contribution in [0.1, 0.15) is 18.9 Å². The van der Waals surface area contributed by atoms with E-state index in [-0.39, 0.29) is 24.8 Å². The molecule has 0 saturated heterocycles. The molecule has 0 aliphatic heterocycles. The van der Waals surface area contributed by atoms with Gasteiger partial charge in [-0.3, -0.25) is 9.59 Å². The largest absolute Gasteiger partial charge is 0.493 e. The SMILES string of the molecule is COc1ccc(NC(=O)CCN(C(C)=O)c2cccc(Cl)c2C)cc1OC. The highest BCUT2D eigenvalue weighted by Crippen LogP contribution is 2.30. The number of nitrogens with one attached hydrogen (secondary N) is 1. The Morgan fingerprint density at radius 2 is 1.81 bits per heavy atom. The van der Waals surface area contributed by atoms with E-state index in [1.807, 2.05) is 13.0 Å². The Kier molecular flexibility index (Phi) is 7.07. The first-order valence-electron chi connectivity index (χ1n) is 8.42. The van der Waals surface area contributed by atoms with Crippen molar-refractivity contribution in [1.82, 2.24) is 0 Å². The minimum absolute atomic E-state index is 0.139. The maximum Gasteiger partial charge on any atom is 0.226 e. The molecule has 0 aromatic heterocycles. The molecule has 0 bridgehead atoms. The highest BCUT2D eigenvalue weighted by Gasteiger charge is 2.17. The first-order chi connectivity index (χ1) is 12.9. The molecule has 0 fully saturated rings. The average Bonchev–Trinajstić information content (AvgIpc) is 2.64. The summed E-state index contributed by atoms with van der Waals surface area (Å²) >= 11 is 6.15. The van der Waals surface area contributed by atoms with Gasteiger partial charge in [-0.15, -0.1) is 0 Å². The summed E-state index contributed by atoms with van der Waals surface area (Å²) < 4.78 is 10.4. The summed E-state index contributed by atoms with van der Waals surface area (Å²) in [6.07, 6.45) is 0.139. The van der Waals surface area contributed by atoms with E-state index in [1.54, 1.807) is 42.3 Å². The van der Waals surface area contributed by atoms with E-state index in [1.165, 1.54) is 14.0 Å². The second-order valence-corrected chi connectivity index (χ2v) is 6.33. The van der Waals surface area contributed by atoms with Gasteiger partial charge in [-0.05, 0) is 36.8 Å². The fourth-order valence-corrected chi connectivity index (χ4v) is 2.86. The lowest BCUT2D eigenvalue weighted by Gasteiger charge is -2.23. The number of anilines is 2. The number of benzene rings is 2. The van der Waals surface area contributed by atoms with E-state index in [9.17, 15) is 9.59 Å². The molecule has 2 amide bonds. The van der Waals surface area contributed by atoms with Crippen LogP contribution in [0.2, 0.25) is 5.02 Å². The van der Waals surface area contributed by atoms with Gasteiger partial charge in [0, 0.05) is 42.4 Å². The summed E-state index contributed by atoms with van der Waals surface area (Å²) in [6.45, 7) is 3.56. The van der Waals surface area contributed by atoms with Crippen LogP contribution < -0.4 is 19.7 Å². The topological polar surface area (TPSA) is 67.9 Å². The second kappa shape index (κ2) is 9.28. The molecule has 144 valence electrons. The highest BCUT2D eigenvalue weighted by molar-refractivity contribution is 6.31. The number of nitrogens with zero attached hydrogens (tertiary/aromatic N) is 1. The molecule has 2 aromatic carbocycles. The lowest BCUT2D eigenvalue weighted by Crippen LogP contribution is -2.32. The van der Waals surface area contributed by atoms with Gasteiger partial charge in [-0.2, -0.15) is 0 Å². The third-order valence-corrected chi connectivity index (χ3v) is 4.55. The van der Waals surface area contributed by atoms with Crippen LogP contribution in [0.4, 0.5) is 11.4 Å². The monoisotopic (exact) mass is 390 g/mol. The Bertz CT molecular complexity index is 839. The van der Waals surface area contributed by atoms with E-state index in [0.717, 1.165) is 5.56 Å². The Balaban J connectivity index is 2.06. The third-order valence-electron chi connectivity index (χ3n) is 4.14. The molecule has 0 spiro atoms. The lowest BCUT2D eigenvalue weighted by atomic mass is 10.1. The Hall–Kier alpha value is -2.73. The number of rotatable bonds is 7. The van der Waals surface area contributed by atoms with Gasteiger partial charge in [0.2, 0.25) is 11.8 Å². The minimum Gasteiger partial charge on any atom is -0.493 e. The van der Waals surface area contributed by atoms with Crippen molar-refractivity contribution in [3.8, 4) is 11.5 Å². The molecule has 0 atom stereocenters. The van der Waals surface area contributed by atoms with Crippen molar-refractivity contribution >= 4 is 34.8 Å². The molecule has 1 N–H and O–H groups in total. The first-order valence-corrected chi connectivity index (χ1v) is 8.80. The zero-order valence-electron chi connectivity index (χ0n) is 15.8. The first kappa shape index (κ1) is 20.6. The number of hydrogen-bond donors (Lipinski definition) is 1. The third kappa shape index (κ3) is 5.14. The van der Waals surface area contributed by atoms with Gasteiger partial charge in [0.1, 0.15) is 0 Å². The van der Waals surface area contributed by atoms with E-state index in [2.05, 4.69) is 5.32 Å². The molecule has 0 heterocycles. The molecule has 0 saturated carbocycles. The molecule has 2 rings (SSSR count). The maximum atomic E-state index is 12.3. The van der Waals surface area contributed by atoms with E-state index in [0.29, 0.717) is 27.9 Å². The van der Waals surface area contributed by atoms with E-state index in [4.69, 9.17) is 21.1 Å². The Labute approximate surface area is 164 Å². The van der Waals surface area contributed by atoms with Crippen LogP contribution in [0.3, 0.4) is 0 Å². The summed E-state index contributed by atoms with van der Waals surface area (Å²) in [5.41, 5.74) is 2.09. The summed E-state index contributed by atoms with van der Waals surface area (Å²) in [5, 5.41) is 3.38. The van der Waals surface area contributed by atoms with Crippen molar-refractivity contribution in [3.63, 3.8) is 0 Å². The van der Waals surface area contributed by atoms with Gasteiger partial charge in [0.25, 0.3) is 0 Å². The summed E-state index contributed by atoms with van der Waals surface area (Å²) in [6, 6.07) is 10.5. The van der Waals surface area contributed by atoms with Crippen molar-refractivity contribution in [2.45, 2.75) is 20.3 Å². The number of ether oxygens (including phenoxy) is 2. The fraction of sp³-hybridized carbons (Fsp3) is 0.300. The molecule has 27 heavy (non-hydrogen) atoms. The van der Waals surface area contributed by atoms with Crippen LogP contribution in [-0.2, 0) is 9.59 Å². The number of carbonyl (C=O) groups excluding carboxylic acids is 2. The van der Waals surface area contributed by atoms with Crippen LogP contribution >= 0.6 is 11.6 Å². The molecular weight excluding hydrogens is 368 g/mol. The highest BCUT2D eigenvalue weighted by atomic mass is 35.5. The fourth-order valence-electron chi connectivity index (χ4n) is 2.69. The number of amides is 2. The predicted octanol–water partition coefficient (Wildman–Crippen LogP) is 4.05. The summed E-state index contributed by atoms with van der Waals surface area (Å²) in [4.78, 5) is 25.9.